The number of benzene rings is 2. The number of aryl methyl sites for hydroxylation is 1. The van der Waals surface area contributed by atoms with Crippen molar-refractivity contribution >= 4 is 22.5 Å². The summed E-state index contributed by atoms with van der Waals surface area (Å²) in [6.45, 7) is 4.00. The van der Waals surface area contributed by atoms with Gasteiger partial charge in [-0.2, -0.15) is 0 Å². The van der Waals surface area contributed by atoms with E-state index in [9.17, 15) is 4.79 Å². The van der Waals surface area contributed by atoms with Crippen LogP contribution in [0.3, 0.4) is 0 Å². The Balaban J connectivity index is 1.91. The lowest BCUT2D eigenvalue weighted by atomic mass is 9.95. The van der Waals surface area contributed by atoms with Crippen LogP contribution < -0.4 is 5.32 Å². The fraction of sp³-hybridized carbons (Fsp3) is 0.200. The van der Waals surface area contributed by atoms with Gasteiger partial charge in [0.05, 0.1) is 17.1 Å². The summed E-state index contributed by atoms with van der Waals surface area (Å²) < 4.78 is 0. The van der Waals surface area contributed by atoms with E-state index in [4.69, 9.17) is 0 Å². The standard InChI is InChI=1S/C20H20N2O/c1-3-16(15-8-5-4-6-9-15)20(23)22-19-11-7-10-18-17(19)13-12-14(2)21-18/h4-13,16H,3H2,1-2H3,(H,22,23)/t16-/m0/s1. The second-order valence-corrected chi connectivity index (χ2v) is 5.69. The van der Waals surface area contributed by atoms with Crippen LogP contribution in [0.2, 0.25) is 0 Å². The van der Waals surface area contributed by atoms with Crippen molar-refractivity contribution in [1.29, 1.82) is 0 Å². The Bertz CT molecular complexity index is 827. The van der Waals surface area contributed by atoms with Gasteiger partial charge in [-0.3, -0.25) is 9.78 Å². The average molecular weight is 304 g/mol. The van der Waals surface area contributed by atoms with Gasteiger partial charge in [-0.1, -0.05) is 43.3 Å². The first-order valence-corrected chi connectivity index (χ1v) is 7.91. The number of hydrogen-bond donors (Lipinski definition) is 1. The Hall–Kier alpha value is -2.68. The molecule has 1 N–H and O–H groups in total. The van der Waals surface area contributed by atoms with E-state index in [1.165, 1.54) is 0 Å². The Morgan fingerprint density at radius 2 is 1.83 bits per heavy atom. The van der Waals surface area contributed by atoms with E-state index in [2.05, 4.69) is 10.3 Å². The molecule has 0 unspecified atom stereocenters. The van der Waals surface area contributed by atoms with Gasteiger partial charge in [0.15, 0.2) is 0 Å². The molecule has 3 aromatic rings. The third-order valence-corrected chi connectivity index (χ3v) is 4.06. The summed E-state index contributed by atoms with van der Waals surface area (Å²) in [7, 11) is 0. The molecule has 23 heavy (non-hydrogen) atoms. The maximum atomic E-state index is 12.7. The van der Waals surface area contributed by atoms with Crippen molar-refractivity contribution in [2.75, 3.05) is 5.32 Å². The molecule has 0 radical (unpaired) electrons. The zero-order valence-corrected chi connectivity index (χ0v) is 13.4. The molecule has 0 aliphatic heterocycles. The zero-order chi connectivity index (χ0) is 16.2. The molecule has 1 atom stereocenters. The summed E-state index contributed by atoms with van der Waals surface area (Å²) in [5.74, 6) is -0.128. The number of carbonyl (C=O) groups is 1. The number of rotatable bonds is 4. The van der Waals surface area contributed by atoms with Crippen LogP contribution in [0.25, 0.3) is 10.9 Å². The number of carbonyl (C=O) groups excluding carboxylic acids is 1. The van der Waals surface area contributed by atoms with Crippen molar-refractivity contribution in [3.05, 3.63) is 71.9 Å². The van der Waals surface area contributed by atoms with Crippen LogP contribution in [0.5, 0.6) is 0 Å². The van der Waals surface area contributed by atoms with E-state index in [1.54, 1.807) is 0 Å². The van der Waals surface area contributed by atoms with E-state index in [0.717, 1.165) is 34.3 Å². The highest BCUT2D eigenvalue weighted by molar-refractivity contribution is 6.03. The lowest BCUT2D eigenvalue weighted by Gasteiger charge is -2.16. The van der Waals surface area contributed by atoms with Crippen molar-refractivity contribution < 1.29 is 4.79 Å². The molecular weight excluding hydrogens is 284 g/mol. The summed E-state index contributed by atoms with van der Waals surface area (Å²) in [6, 6.07) is 19.7. The number of nitrogens with one attached hydrogen (secondary N) is 1. The number of pyridine rings is 1. The second kappa shape index (κ2) is 6.61. The monoisotopic (exact) mass is 304 g/mol. The minimum absolute atomic E-state index is 0.0202. The van der Waals surface area contributed by atoms with Crippen molar-refractivity contribution in [3.8, 4) is 0 Å². The van der Waals surface area contributed by atoms with Crippen LogP contribution in [-0.4, -0.2) is 10.9 Å². The lowest BCUT2D eigenvalue weighted by molar-refractivity contribution is -0.117. The smallest absolute Gasteiger partial charge is 0.231 e. The third-order valence-electron chi connectivity index (χ3n) is 4.06. The molecule has 3 nitrogen and oxygen atoms in total. The molecule has 0 aliphatic carbocycles. The topological polar surface area (TPSA) is 42.0 Å². The Morgan fingerprint density at radius 1 is 1.04 bits per heavy atom. The summed E-state index contributed by atoms with van der Waals surface area (Å²) in [5, 5.41) is 4.04. The first kappa shape index (κ1) is 15.2. The molecular formula is C20H20N2O. The van der Waals surface area contributed by atoms with Crippen LogP contribution in [0.15, 0.2) is 60.7 Å². The Kier molecular flexibility index (Phi) is 4.38. The Morgan fingerprint density at radius 3 is 2.57 bits per heavy atom. The van der Waals surface area contributed by atoms with Crippen LogP contribution in [0.1, 0.15) is 30.5 Å². The van der Waals surface area contributed by atoms with E-state index in [0.29, 0.717) is 0 Å². The maximum Gasteiger partial charge on any atom is 0.231 e. The largest absolute Gasteiger partial charge is 0.325 e. The molecule has 0 fully saturated rings. The van der Waals surface area contributed by atoms with Crippen molar-refractivity contribution in [3.63, 3.8) is 0 Å². The van der Waals surface area contributed by atoms with Gasteiger partial charge in [-0.25, -0.2) is 0 Å². The van der Waals surface area contributed by atoms with Crippen LogP contribution in [0.4, 0.5) is 5.69 Å². The van der Waals surface area contributed by atoms with Crippen molar-refractivity contribution in [2.45, 2.75) is 26.2 Å². The molecule has 2 aromatic carbocycles. The highest BCUT2D eigenvalue weighted by Gasteiger charge is 2.19. The highest BCUT2D eigenvalue weighted by Crippen LogP contribution is 2.26. The SMILES string of the molecule is CC[C@H](C(=O)Nc1cccc2nc(C)ccc12)c1ccccc1. The van der Waals surface area contributed by atoms with Gasteiger partial charge in [0.25, 0.3) is 0 Å². The van der Waals surface area contributed by atoms with E-state index >= 15 is 0 Å². The third kappa shape index (κ3) is 3.24. The summed E-state index contributed by atoms with van der Waals surface area (Å²) >= 11 is 0. The van der Waals surface area contributed by atoms with Crippen LogP contribution >= 0.6 is 0 Å². The van der Waals surface area contributed by atoms with Gasteiger partial charge < -0.3 is 5.32 Å². The van der Waals surface area contributed by atoms with Crippen LogP contribution in [0, 0.1) is 6.92 Å². The van der Waals surface area contributed by atoms with Crippen molar-refractivity contribution in [2.24, 2.45) is 0 Å². The minimum Gasteiger partial charge on any atom is -0.325 e. The van der Waals surface area contributed by atoms with E-state index in [-0.39, 0.29) is 11.8 Å². The predicted molar refractivity (Wildman–Crippen MR) is 94.6 cm³/mol. The molecule has 116 valence electrons. The second-order valence-electron chi connectivity index (χ2n) is 5.69. The molecule has 3 rings (SSSR count). The fourth-order valence-electron chi connectivity index (χ4n) is 2.84. The van der Waals surface area contributed by atoms with Gasteiger partial charge in [-0.15, -0.1) is 0 Å². The number of fused-ring (bicyclic) bond motifs is 1. The molecule has 1 aromatic heterocycles. The highest BCUT2D eigenvalue weighted by atomic mass is 16.1. The Labute approximate surface area is 136 Å². The van der Waals surface area contributed by atoms with Gasteiger partial charge in [0.2, 0.25) is 5.91 Å². The number of aromatic nitrogens is 1. The average Bonchev–Trinajstić information content (AvgIpc) is 2.56. The molecule has 0 spiro atoms. The molecule has 0 saturated heterocycles. The lowest BCUT2D eigenvalue weighted by Crippen LogP contribution is -2.20. The zero-order valence-electron chi connectivity index (χ0n) is 13.4. The van der Waals surface area contributed by atoms with Crippen molar-refractivity contribution in [1.82, 2.24) is 4.98 Å². The van der Waals surface area contributed by atoms with Gasteiger partial charge >= 0.3 is 0 Å². The summed E-state index contributed by atoms with van der Waals surface area (Å²) in [6.07, 6.45) is 0.762. The first-order chi connectivity index (χ1) is 11.2. The number of amides is 1. The van der Waals surface area contributed by atoms with Gasteiger partial charge in [0, 0.05) is 11.1 Å². The quantitative estimate of drug-likeness (QED) is 0.760. The van der Waals surface area contributed by atoms with E-state index < -0.39 is 0 Å². The maximum absolute atomic E-state index is 12.7. The van der Waals surface area contributed by atoms with E-state index in [1.807, 2.05) is 74.5 Å². The molecule has 0 saturated carbocycles. The predicted octanol–water partition coefficient (Wildman–Crippen LogP) is 4.68. The number of nitrogens with zero attached hydrogens (tertiary/aromatic N) is 1. The molecule has 0 bridgehead atoms. The number of anilines is 1. The fourth-order valence-corrected chi connectivity index (χ4v) is 2.84. The van der Waals surface area contributed by atoms with Gasteiger partial charge in [-0.05, 0) is 43.2 Å². The summed E-state index contributed by atoms with van der Waals surface area (Å²) in [4.78, 5) is 17.2. The first-order valence-electron chi connectivity index (χ1n) is 7.91. The molecule has 1 amide bonds. The van der Waals surface area contributed by atoms with Crippen LogP contribution in [-0.2, 0) is 4.79 Å². The molecule has 1 heterocycles. The minimum atomic E-state index is -0.148. The molecule has 0 aliphatic rings. The molecule has 3 heteroatoms. The number of hydrogen-bond acceptors (Lipinski definition) is 2. The normalized spacial score (nSPS) is 12.1. The van der Waals surface area contributed by atoms with Gasteiger partial charge in [0.1, 0.15) is 0 Å². The summed E-state index contributed by atoms with van der Waals surface area (Å²) in [5.41, 5.74) is 3.73.